The molecule has 4 heteroatoms. The van der Waals surface area contributed by atoms with Gasteiger partial charge in [0.25, 0.3) is 0 Å². The lowest BCUT2D eigenvalue weighted by atomic mass is 10.1. The first kappa shape index (κ1) is 12.4. The van der Waals surface area contributed by atoms with Gasteiger partial charge in [0.2, 0.25) is 0 Å². The number of nitrogens with zero attached hydrogens (tertiary/aromatic N) is 2. The van der Waals surface area contributed by atoms with Gasteiger partial charge in [-0.3, -0.25) is 4.98 Å². The van der Waals surface area contributed by atoms with E-state index in [-0.39, 0.29) is 11.9 Å². The van der Waals surface area contributed by atoms with Gasteiger partial charge < -0.3 is 9.67 Å². The number of aliphatic hydroxyl groups is 1. The summed E-state index contributed by atoms with van der Waals surface area (Å²) in [6.45, 7) is 0.588. The maximum Gasteiger partial charge on any atom is 0.141 e. The number of aliphatic hydroxyl groups excluding tert-OH is 1. The first-order valence-corrected chi connectivity index (χ1v) is 6.68. The zero-order valence-corrected chi connectivity index (χ0v) is 10.7. The zero-order chi connectivity index (χ0) is 13.2. The second-order valence-corrected chi connectivity index (χ2v) is 5.18. The minimum atomic E-state index is -0.357. The van der Waals surface area contributed by atoms with Crippen molar-refractivity contribution in [3.05, 3.63) is 53.4 Å². The second kappa shape index (κ2) is 5.13. The number of rotatable bonds is 2. The molecule has 0 amide bonds. The molecule has 0 aliphatic heterocycles. The van der Waals surface area contributed by atoms with Gasteiger partial charge in [0.15, 0.2) is 0 Å². The van der Waals surface area contributed by atoms with E-state index in [1.165, 1.54) is 17.8 Å². The van der Waals surface area contributed by atoms with E-state index in [1.807, 2.05) is 10.8 Å². The highest BCUT2D eigenvalue weighted by Gasteiger charge is 2.18. The van der Waals surface area contributed by atoms with E-state index >= 15 is 0 Å². The lowest BCUT2D eigenvalue weighted by Crippen LogP contribution is -1.99. The summed E-state index contributed by atoms with van der Waals surface area (Å²) in [7, 11) is 0. The fourth-order valence-electron chi connectivity index (χ4n) is 2.74. The Balaban J connectivity index is 1.85. The average Bonchev–Trinajstić information content (AvgIpc) is 2.70. The summed E-state index contributed by atoms with van der Waals surface area (Å²) in [6.07, 6.45) is 10.6. The van der Waals surface area contributed by atoms with Crippen molar-refractivity contribution in [2.24, 2.45) is 0 Å². The van der Waals surface area contributed by atoms with E-state index in [0.29, 0.717) is 6.54 Å². The van der Waals surface area contributed by atoms with Crippen molar-refractivity contribution in [2.75, 3.05) is 0 Å². The van der Waals surface area contributed by atoms with Crippen LogP contribution in [0.1, 0.15) is 42.1 Å². The molecule has 0 aromatic carbocycles. The predicted octanol–water partition coefficient (Wildman–Crippen LogP) is 2.83. The number of hydrogen-bond donors (Lipinski definition) is 1. The summed E-state index contributed by atoms with van der Waals surface area (Å²) in [5.41, 5.74) is 3.08. The quantitative estimate of drug-likeness (QED) is 0.843. The van der Waals surface area contributed by atoms with Gasteiger partial charge in [0.1, 0.15) is 5.82 Å². The van der Waals surface area contributed by atoms with Crippen molar-refractivity contribution >= 4 is 0 Å². The van der Waals surface area contributed by atoms with Gasteiger partial charge >= 0.3 is 0 Å². The average molecular weight is 260 g/mol. The van der Waals surface area contributed by atoms with Gasteiger partial charge in [-0.2, -0.15) is 0 Å². The minimum absolute atomic E-state index is 0.314. The third-order valence-electron chi connectivity index (χ3n) is 3.66. The minimum Gasteiger partial charge on any atom is -0.388 e. The van der Waals surface area contributed by atoms with Crippen molar-refractivity contribution < 1.29 is 9.50 Å². The number of hydrogen-bond acceptors (Lipinski definition) is 2. The van der Waals surface area contributed by atoms with Crippen LogP contribution in [0.3, 0.4) is 0 Å². The standard InChI is InChI=1S/C15H17FN2O/c16-13-5-11(6-17-7-13)8-18-9-12-3-1-2-4-15(19)14(12)10-18/h5-7,9-10,15,19H,1-4,8H2. The van der Waals surface area contributed by atoms with E-state index in [0.717, 1.165) is 36.8 Å². The molecule has 100 valence electrons. The van der Waals surface area contributed by atoms with Crippen molar-refractivity contribution in [1.82, 2.24) is 9.55 Å². The van der Waals surface area contributed by atoms with Crippen molar-refractivity contribution in [1.29, 1.82) is 0 Å². The van der Waals surface area contributed by atoms with Crippen LogP contribution in [0.5, 0.6) is 0 Å². The summed E-state index contributed by atoms with van der Waals surface area (Å²) in [5, 5.41) is 10.1. The van der Waals surface area contributed by atoms with Crippen LogP contribution in [-0.2, 0) is 13.0 Å². The largest absolute Gasteiger partial charge is 0.388 e. The molecule has 0 radical (unpaired) electrons. The normalized spacial score (nSPS) is 18.9. The Labute approximate surface area is 111 Å². The number of halogens is 1. The Bertz CT molecular complexity index is 579. The van der Waals surface area contributed by atoms with Crippen molar-refractivity contribution in [3.63, 3.8) is 0 Å². The highest BCUT2D eigenvalue weighted by Crippen LogP contribution is 2.29. The monoisotopic (exact) mass is 260 g/mol. The zero-order valence-electron chi connectivity index (χ0n) is 10.7. The van der Waals surface area contributed by atoms with Gasteiger partial charge in [0.05, 0.1) is 12.3 Å². The molecule has 1 atom stereocenters. The van der Waals surface area contributed by atoms with Gasteiger partial charge in [0, 0.05) is 30.7 Å². The Morgan fingerprint density at radius 1 is 1.32 bits per heavy atom. The number of pyridine rings is 1. The number of fused-ring (bicyclic) bond motifs is 1. The molecule has 0 spiro atoms. The molecule has 2 aromatic rings. The van der Waals surface area contributed by atoms with E-state index < -0.39 is 0 Å². The summed E-state index contributed by atoms with van der Waals surface area (Å²) in [6, 6.07) is 1.49. The molecule has 1 aliphatic carbocycles. The van der Waals surface area contributed by atoms with Gasteiger partial charge in [-0.25, -0.2) is 4.39 Å². The maximum atomic E-state index is 13.1. The van der Waals surface area contributed by atoms with E-state index in [4.69, 9.17) is 0 Å². The van der Waals surface area contributed by atoms with Gasteiger partial charge in [-0.1, -0.05) is 6.42 Å². The summed E-state index contributed by atoms with van der Waals surface area (Å²) >= 11 is 0. The molecule has 3 nitrogen and oxygen atoms in total. The third-order valence-corrected chi connectivity index (χ3v) is 3.66. The van der Waals surface area contributed by atoms with Crippen LogP contribution >= 0.6 is 0 Å². The van der Waals surface area contributed by atoms with Crippen LogP contribution in [0, 0.1) is 5.82 Å². The highest BCUT2D eigenvalue weighted by molar-refractivity contribution is 5.28. The van der Waals surface area contributed by atoms with E-state index in [1.54, 1.807) is 6.20 Å². The molecular formula is C15H17FN2O. The first-order chi connectivity index (χ1) is 9.22. The van der Waals surface area contributed by atoms with Crippen molar-refractivity contribution in [3.8, 4) is 0 Å². The van der Waals surface area contributed by atoms with Crippen molar-refractivity contribution in [2.45, 2.75) is 38.3 Å². The lowest BCUT2D eigenvalue weighted by Gasteiger charge is -2.06. The van der Waals surface area contributed by atoms with Crippen LogP contribution in [0.25, 0.3) is 0 Å². The summed E-state index contributed by atoms with van der Waals surface area (Å²) in [5.74, 6) is -0.314. The molecule has 2 heterocycles. The fourth-order valence-corrected chi connectivity index (χ4v) is 2.74. The third kappa shape index (κ3) is 2.68. The summed E-state index contributed by atoms with van der Waals surface area (Å²) in [4.78, 5) is 3.85. The highest BCUT2D eigenvalue weighted by atomic mass is 19.1. The fraction of sp³-hybridized carbons (Fsp3) is 0.400. The molecule has 19 heavy (non-hydrogen) atoms. The number of aryl methyl sites for hydroxylation is 1. The second-order valence-electron chi connectivity index (χ2n) is 5.18. The smallest absolute Gasteiger partial charge is 0.141 e. The molecule has 0 bridgehead atoms. The molecule has 0 fully saturated rings. The van der Waals surface area contributed by atoms with Gasteiger partial charge in [-0.15, -0.1) is 0 Å². The Morgan fingerprint density at radius 3 is 3.05 bits per heavy atom. The molecule has 1 unspecified atom stereocenters. The van der Waals surface area contributed by atoms with Gasteiger partial charge in [-0.05, 0) is 36.5 Å². The maximum absolute atomic E-state index is 13.1. The SMILES string of the molecule is OC1CCCCc2cn(Cc3cncc(F)c3)cc21. The topological polar surface area (TPSA) is 38.0 Å². The predicted molar refractivity (Wildman–Crippen MR) is 70.2 cm³/mol. The van der Waals surface area contributed by atoms with E-state index in [9.17, 15) is 9.50 Å². The molecular weight excluding hydrogens is 243 g/mol. The Kier molecular flexibility index (Phi) is 3.34. The van der Waals surface area contributed by atoms with Crippen LogP contribution in [0.15, 0.2) is 30.9 Å². The molecule has 1 aliphatic rings. The molecule has 2 aromatic heterocycles. The molecule has 0 saturated carbocycles. The lowest BCUT2D eigenvalue weighted by molar-refractivity contribution is 0.166. The van der Waals surface area contributed by atoms with E-state index in [2.05, 4.69) is 11.2 Å². The molecule has 3 rings (SSSR count). The number of aromatic nitrogens is 2. The first-order valence-electron chi connectivity index (χ1n) is 6.68. The summed E-state index contributed by atoms with van der Waals surface area (Å²) < 4.78 is 15.1. The van der Waals surface area contributed by atoms with Crippen LogP contribution in [0.4, 0.5) is 4.39 Å². The Hall–Kier alpha value is -1.68. The van der Waals surface area contributed by atoms with Crippen LogP contribution < -0.4 is 0 Å². The molecule has 0 saturated heterocycles. The van der Waals surface area contributed by atoms with Crippen LogP contribution in [0.2, 0.25) is 0 Å². The molecule has 1 N–H and O–H groups in total. The Morgan fingerprint density at radius 2 is 2.21 bits per heavy atom. The van der Waals surface area contributed by atoms with Crippen LogP contribution in [-0.4, -0.2) is 14.7 Å².